The molecule has 0 aliphatic carbocycles. The van der Waals surface area contributed by atoms with Gasteiger partial charge in [0, 0.05) is 70.0 Å². The van der Waals surface area contributed by atoms with Crippen LogP contribution < -0.4 is 0 Å². The van der Waals surface area contributed by atoms with Crippen LogP contribution in [0.15, 0.2) is 24.4 Å². The third-order valence-corrected chi connectivity index (χ3v) is 5.23. The molecule has 136 valence electrons. The molecule has 1 atom stereocenters. The van der Waals surface area contributed by atoms with Crippen molar-refractivity contribution in [3.63, 3.8) is 0 Å². The van der Waals surface area contributed by atoms with Crippen molar-refractivity contribution in [2.75, 3.05) is 39.3 Å². The second kappa shape index (κ2) is 7.95. The fraction of sp³-hybridized carbons (Fsp3) is 0.632. The predicted octanol–water partition coefficient (Wildman–Crippen LogP) is 1.03. The molecule has 0 spiro atoms. The third kappa shape index (κ3) is 4.37. The lowest BCUT2D eigenvalue weighted by molar-refractivity contribution is -0.137. The number of hydrogen-bond donors (Lipinski definition) is 0. The Morgan fingerprint density at radius 3 is 2.60 bits per heavy atom. The molecule has 1 aromatic rings. The van der Waals surface area contributed by atoms with Gasteiger partial charge in [0.05, 0.1) is 5.92 Å². The fourth-order valence-electron chi connectivity index (χ4n) is 3.66. The minimum absolute atomic E-state index is 0.113. The van der Waals surface area contributed by atoms with Gasteiger partial charge in [0.1, 0.15) is 0 Å². The smallest absolute Gasteiger partial charge is 0.228 e. The Morgan fingerprint density at radius 1 is 1.24 bits per heavy atom. The molecule has 0 saturated carbocycles. The number of rotatable bonds is 5. The Morgan fingerprint density at radius 2 is 2.00 bits per heavy atom. The number of likely N-dealkylation sites (tertiary alicyclic amines) is 1. The van der Waals surface area contributed by atoms with Gasteiger partial charge in [-0.05, 0) is 26.0 Å². The van der Waals surface area contributed by atoms with Crippen molar-refractivity contribution in [2.45, 2.75) is 32.7 Å². The highest BCUT2D eigenvalue weighted by Crippen LogP contribution is 2.22. The molecular weight excluding hydrogens is 316 g/mol. The molecule has 25 heavy (non-hydrogen) atoms. The summed E-state index contributed by atoms with van der Waals surface area (Å²) in [7, 11) is 0. The van der Waals surface area contributed by atoms with E-state index in [0.717, 1.165) is 44.8 Å². The molecule has 3 rings (SSSR count). The van der Waals surface area contributed by atoms with Crippen molar-refractivity contribution in [1.29, 1.82) is 0 Å². The largest absolute Gasteiger partial charge is 0.340 e. The van der Waals surface area contributed by atoms with E-state index in [4.69, 9.17) is 0 Å². The standard InChI is InChI=1S/C19H28N4O2/c1-15(2)23-14-16(13-18(23)24)19(25)22-11-9-21(10-12-22)8-6-17-5-3-4-7-20-17/h3-5,7,15-16H,6,8-14H2,1-2H3/t16-/m1/s1. The molecule has 2 fully saturated rings. The summed E-state index contributed by atoms with van der Waals surface area (Å²) >= 11 is 0. The highest BCUT2D eigenvalue weighted by atomic mass is 16.2. The summed E-state index contributed by atoms with van der Waals surface area (Å²) < 4.78 is 0. The van der Waals surface area contributed by atoms with Gasteiger partial charge >= 0.3 is 0 Å². The molecule has 0 unspecified atom stereocenters. The number of piperazine rings is 1. The summed E-state index contributed by atoms with van der Waals surface area (Å²) in [6.07, 6.45) is 3.14. The maximum absolute atomic E-state index is 12.7. The molecule has 0 aromatic carbocycles. The van der Waals surface area contributed by atoms with Crippen LogP contribution in [-0.4, -0.2) is 76.8 Å². The van der Waals surface area contributed by atoms with E-state index >= 15 is 0 Å². The summed E-state index contributed by atoms with van der Waals surface area (Å²) in [5.41, 5.74) is 1.11. The van der Waals surface area contributed by atoms with Crippen molar-refractivity contribution in [3.8, 4) is 0 Å². The van der Waals surface area contributed by atoms with Crippen molar-refractivity contribution in [1.82, 2.24) is 19.7 Å². The van der Waals surface area contributed by atoms with Gasteiger partial charge in [-0.3, -0.25) is 19.5 Å². The maximum Gasteiger partial charge on any atom is 0.228 e. The molecular formula is C19H28N4O2. The van der Waals surface area contributed by atoms with Gasteiger partial charge in [0.25, 0.3) is 0 Å². The van der Waals surface area contributed by atoms with Crippen molar-refractivity contribution >= 4 is 11.8 Å². The lowest BCUT2D eigenvalue weighted by Crippen LogP contribution is -2.51. The van der Waals surface area contributed by atoms with E-state index in [9.17, 15) is 9.59 Å². The summed E-state index contributed by atoms with van der Waals surface area (Å²) in [5.74, 6) is 0.109. The number of carbonyl (C=O) groups excluding carboxylic acids is 2. The van der Waals surface area contributed by atoms with Gasteiger partial charge < -0.3 is 9.80 Å². The number of amides is 2. The Hall–Kier alpha value is -1.95. The van der Waals surface area contributed by atoms with E-state index < -0.39 is 0 Å². The Kier molecular flexibility index (Phi) is 5.68. The van der Waals surface area contributed by atoms with E-state index in [-0.39, 0.29) is 23.8 Å². The van der Waals surface area contributed by atoms with Crippen LogP contribution in [0.3, 0.4) is 0 Å². The first-order valence-electron chi connectivity index (χ1n) is 9.25. The minimum atomic E-state index is -0.157. The molecule has 2 saturated heterocycles. The van der Waals surface area contributed by atoms with Crippen LogP contribution >= 0.6 is 0 Å². The Labute approximate surface area is 149 Å². The van der Waals surface area contributed by atoms with Crippen LogP contribution in [0.4, 0.5) is 0 Å². The van der Waals surface area contributed by atoms with E-state index in [1.54, 1.807) is 0 Å². The van der Waals surface area contributed by atoms with Gasteiger partial charge in [-0.1, -0.05) is 6.07 Å². The average Bonchev–Trinajstić information content (AvgIpc) is 3.03. The van der Waals surface area contributed by atoms with E-state index in [1.165, 1.54) is 0 Å². The molecule has 2 aliphatic rings. The van der Waals surface area contributed by atoms with Crippen molar-refractivity contribution < 1.29 is 9.59 Å². The second-order valence-electron chi connectivity index (χ2n) is 7.28. The van der Waals surface area contributed by atoms with Crippen LogP contribution in [-0.2, 0) is 16.0 Å². The molecule has 6 heteroatoms. The van der Waals surface area contributed by atoms with Gasteiger partial charge in [-0.25, -0.2) is 0 Å². The highest BCUT2D eigenvalue weighted by molar-refractivity contribution is 5.89. The molecule has 2 amide bonds. The number of hydrogen-bond acceptors (Lipinski definition) is 4. The molecule has 0 N–H and O–H groups in total. The van der Waals surface area contributed by atoms with Crippen LogP contribution in [0.2, 0.25) is 0 Å². The van der Waals surface area contributed by atoms with Crippen LogP contribution in [0, 0.1) is 5.92 Å². The lowest BCUT2D eigenvalue weighted by Gasteiger charge is -2.36. The van der Waals surface area contributed by atoms with Crippen molar-refractivity contribution in [2.24, 2.45) is 5.92 Å². The first-order chi connectivity index (χ1) is 12.0. The first kappa shape index (κ1) is 17.9. The normalized spacial score (nSPS) is 22.0. The topological polar surface area (TPSA) is 56.8 Å². The SMILES string of the molecule is CC(C)N1C[C@H](C(=O)N2CCN(CCc3ccccn3)CC2)CC1=O. The fourth-order valence-corrected chi connectivity index (χ4v) is 3.66. The van der Waals surface area contributed by atoms with Gasteiger partial charge in [0.15, 0.2) is 0 Å². The summed E-state index contributed by atoms with van der Waals surface area (Å²) in [5, 5.41) is 0. The summed E-state index contributed by atoms with van der Waals surface area (Å²) in [6, 6.07) is 6.18. The average molecular weight is 344 g/mol. The number of aromatic nitrogens is 1. The second-order valence-corrected chi connectivity index (χ2v) is 7.28. The molecule has 3 heterocycles. The zero-order chi connectivity index (χ0) is 17.8. The molecule has 0 bridgehead atoms. The number of carbonyl (C=O) groups is 2. The first-order valence-corrected chi connectivity index (χ1v) is 9.25. The summed E-state index contributed by atoms with van der Waals surface area (Å²) in [6.45, 7) is 8.87. The molecule has 0 radical (unpaired) electrons. The van der Waals surface area contributed by atoms with Crippen LogP contribution in [0.25, 0.3) is 0 Å². The number of nitrogens with zero attached hydrogens (tertiary/aromatic N) is 4. The van der Waals surface area contributed by atoms with Crippen molar-refractivity contribution in [3.05, 3.63) is 30.1 Å². The quantitative estimate of drug-likeness (QED) is 0.800. The monoisotopic (exact) mass is 344 g/mol. The molecule has 2 aliphatic heterocycles. The molecule has 6 nitrogen and oxygen atoms in total. The molecule has 1 aromatic heterocycles. The Balaban J connectivity index is 1.44. The zero-order valence-electron chi connectivity index (χ0n) is 15.2. The van der Waals surface area contributed by atoms with Crippen LogP contribution in [0.1, 0.15) is 26.0 Å². The third-order valence-electron chi connectivity index (χ3n) is 5.23. The van der Waals surface area contributed by atoms with E-state index in [1.807, 2.05) is 42.0 Å². The van der Waals surface area contributed by atoms with E-state index in [0.29, 0.717) is 13.0 Å². The Bertz CT molecular complexity index is 597. The number of pyridine rings is 1. The van der Waals surface area contributed by atoms with Gasteiger partial charge in [-0.2, -0.15) is 0 Å². The minimum Gasteiger partial charge on any atom is -0.340 e. The predicted molar refractivity (Wildman–Crippen MR) is 95.9 cm³/mol. The van der Waals surface area contributed by atoms with E-state index in [2.05, 4.69) is 16.0 Å². The van der Waals surface area contributed by atoms with Gasteiger partial charge in [0.2, 0.25) is 11.8 Å². The van der Waals surface area contributed by atoms with Crippen LogP contribution in [0.5, 0.6) is 0 Å². The summed E-state index contributed by atoms with van der Waals surface area (Å²) in [4.78, 5) is 35.3. The zero-order valence-corrected chi connectivity index (χ0v) is 15.2. The van der Waals surface area contributed by atoms with Gasteiger partial charge in [-0.15, -0.1) is 0 Å². The highest BCUT2D eigenvalue weighted by Gasteiger charge is 2.38. The maximum atomic E-state index is 12.7. The lowest BCUT2D eigenvalue weighted by atomic mass is 10.1.